The molecule has 0 spiro atoms. The fraction of sp³-hybridized carbons (Fsp3) is 0.413. The molecule has 4 aromatic carbocycles. The van der Waals surface area contributed by atoms with Crippen molar-refractivity contribution in [1.82, 2.24) is 0 Å². The normalized spacial score (nSPS) is 29.6. The van der Waals surface area contributed by atoms with Crippen molar-refractivity contribution in [2.45, 2.75) is 84.2 Å². The minimum atomic E-state index is -2.64. The molecule has 4 fully saturated rings. The Morgan fingerprint density at radius 2 is 1.23 bits per heavy atom. The molecule has 0 aromatic heterocycles. The van der Waals surface area contributed by atoms with Gasteiger partial charge in [0.1, 0.15) is 0 Å². The van der Waals surface area contributed by atoms with Crippen LogP contribution in [0.5, 0.6) is 0 Å². The van der Waals surface area contributed by atoms with Crippen molar-refractivity contribution in [3.05, 3.63) is 127 Å². The molecule has 0 nitrogen and oxygen atoms in total. The molecule has 47 heavy (non-hydrogen) atoms. The summed E-state index contributed by atoms with van der Waals surface area (Å²) < 4.78 is 4.05. The molecular formula is C46H50Zr. The number of fused-ring (bicyclic) bond motifs is 4. The zero-order valence-electron chi connectivity index (χ0n) is 29.5. The van der Waals surface area contributed by atoms with Gasteiger partial charge in [0.05, 0.1) is 0 Å². The number of rotatable bonds is 4. The zero-order valence-corrected chi connectivity index (χ0v) is 32.0. The van der Waals surface area contributed by atoms with Gasteiger partial charge in [-0.2, -0.15) is 0 Å². The summed E-state index contributed by atoms with van der Waals surface area (Å²) in [6.07, 6.45) is 13.1. The van der Waals surface area contributed by atoms with Crippen LogP contribution >= 0.6 is 0 Å². The average molecular weight is 694 g/mol. The number of benzene rings is 4. The van der Waals surface area contributed by atoms with Crippen molar-refractivity contribution >= 4 is 14.0 Å². The molecule has 0 heterocycles. The number of aryl methyl sites for hydroxylation is 4. The summed E-state index contributed by atoms with van der Waals surface area (Å²) in [6, 6.07) is 26.5. The summed E-state index contributed by atoms with van der Waals surface area (Å²) >= 11 is -2.64. The van der Waals surface area contributed by atoms with Crippen LogP contribution in [0.25, 0.3) is 21.9 Å². The molecule has 0 aliphatic heterocycles. The first-order chi connectivity index (χ1) is 22.6. The van der Waals surface area contributed by atoms with Crippen molar-refractivity contribution in [2.75, 3.05) is 0 Å². The van der Waals surface area contributed by atoms with Gasteiger partial charge in [-0.3, -0.25) is 0 Å². The van der Waals surface area contributed by atoms with Crippen LogP contribution < -0.4 is 0 Å². The van der Waals surface area contributed by atoms with E-state index in [0.29, 0.717) is 15.0 Å². The van der Waals surface area contributed by atoms with Gasteiger partial charge < -0.3 is 0 Å². The maximum atomic E-state index is 2.85. The van der Waals surface area contributed by atoms with E-state index in [4.69, 9.17) is 0 Å². The fourth-order valence-corrected chi connectivity index (χ4v) is 20.2. The second kappa shape index (κ2) is 10.9. The van der Waals surface area contributed by atoms with Gasteiger partial charge in [0.15, 0.2) is 0 Å². The molecule has 10 rings (SSSR count). The first-order valence-corrected chi connectivity index (χ1v) is 22.3. The zero-order chi connectivity index (χ0) is 32.4. The molecule has 6 aliphatic carbocycles. The Labute approximate surface area is 290 Å². The molecule has 1 unspecified atom stereocenters. The van der Waals surface area contributed by atoms with E-state index >= 15 is 0 Å². The van der Waals surface area contributed by atoms with Crippen LogP contribution in [0.1, 0.15) is 95.4 Å². The molecule has 1 atom stereocenters. The summed E-state index contributed by atoms with van der Waals surface area (Å²) in [5.41, 5.74) is 15.5. The Morgan fingerprint density at radius 3 is 1.83 bits per heavy atom. The van der Waals surface area contributed by atoms with E-state index in [1.54, 1.807) is 19.9 Å². The Kier molecular flexibility index (Phi) is 7.08. The van der Waals surface area contributed by atoms with Crippen LogP contribution in [0.4, 0.5) is 0 Å². The summed E-state index contributed by atoms with van der Waals surface area (Å²) in [7, 11) is 0. The van der Waals surface area contributed by atoms with Gasteiger partial charge in [-0.15, -0.1) is 0 Å². The predicted molar refractivity (Wildman–Crippen MR) is 197 cm³/mol. The molecule has 4 aromatic rings. The van der Waals surface area contributed by atoms with Gasteiger partial charge in [-0.1, -0.05) is 0 Å². The summed E-state index contributed by atoms with van der Waals surface area (Å²) in [5.74, 6) is 4.30. The van der Waals surface area contributed by atoms with E-state index < -0.39 is 21.3 Å². The Bertz CT molecular complexity index is 2000. The van der Waals surface area contributed by atoms with E-state index in [2.05, 4.69) is 127 Å². The summed E-state index contributed by atoms with van der Waals surface area (Å²) in [6.45, 7) is 17.1. The molecule has 0 saturated heterocycles. The third-order valence-corrected chi connectivity index (χ3v) is 22.8. The van der Waals surface area contributed by atoms with E-state index in [9.17, 15) is 0 Å². The molecule has 4 saturated carbocycles. The van der Waals surface area contributed by atoms with E-state index in [1.807, 2.05) is 3.28 Å². The molecule has 4 bridgehead atoms. The second-order valence-corrected chi connectivity index (χ2v) is 23.4. The quantitative estimate of drug-likeness (QED) is 0.200. The predicted octanol–water partition coefficient (Wildman–Crippen LogP) is 11.9. The van der Waals surface area contributed by atoms with Crippen LogP contribution in [-0.4, -0.2) is 3.21 Å². The minimum absolute atomic E-state index is 0.363. The molecular weight excluding hydrogens is 644 g/mol. The van der Waals surface area contributed by atoms with Crippen molar-refractivity contribution < 1.29 is 21.3 Å². The summed E-state index contributed by atoms with van der Waals surface area (Å²) in [4.78, 5) is 0. The molecule has 0 N–H and O–H groups in total. The molecule has 238 valence electrons. The Hall–Kier alpha value is -2.63. The van der Waals surface area contributed by atoms with Gasteiger partial charge >= 0.3 is 292 Å². The Balaban J connectivity index is 1.27. The van der Waals surface area contributed by atoms with Crippen molar-refractivity contribution in [3.8, 4) is 11.1 Å². The van der Waals surface area contributed by atoms with Crippen molar-refractivity contribution in [2.24, 2.45) is 35.0 Å². The van der Waals surface area contributed by atoms with Crippen LogP contribution in [0, 0.1) is 62.7 Å². The van der Waals surface area contributed by atoms with Crippen molar-refractivity contribution in [3.63, 3.8) is 0 Å². The number of hydrogen-bond donors (Lipinski definition) is 0. The standard InChI is InChI=1S/C17H23.C17H17.C12H10.Zr/c1-11-3-4-14(5-11)17(2)15-7-12-6-13(9-15)10-16(17)8-12;1-10-5-14-9-15-6-11(2)13(4)8-17(15)16(14)7-12(10)3;1-2-10-7-8-11-5-3-4-6-12(11)9-10;/h4-5,11-13,15-16H,6-10H2,1-2H3;5-9H,1-4H3;3-9H,1H3;. The average Bonchev–Trinajstić information content (AvgIpc) is 3.57. The van der Waals surface area contributed by atoms with Crippen LogP contribution in [0.15, 0.2) is 87.7 Å². The molecule has 1 heteroatoms. The van der Waals surface area contributed by atoms with Gasteiger partial charge in [0, 0.05) is 0 Å². The first-order valence-electron chi connectivity index (χ1n) is 18.5. The first kappa shape index (κ1) is 30.4. The second-order valence-electron chi connectivity index (χ2n) is 16.7. The topological polar surface area (TPSA) is 0 Å². The van der Waals surface area contributed by atoms with Crippen molar-refractivity contribution in [1.29, 1.82) is 0 Å². The van der Waals surface area contributed by atoms with E-state index in [0.717, 1.165) is 23.7 Å². The fourth-order valence-electron chi connectivity index (χ4n) is 11.3. The molecule has 6 aliphatic rings. The van der Waals surface area contributed by atoms with Gasteiger partial charge in [0.25, 0.3) is 0 Å². The number of hydrogen-bond acceptors (Lipinski definition) is 0. The van der Waals surface area contributed by atoms with Gasteiger partial charge in [-0.05, 0) is 0 Å². The third-order valence-electron chi connectivity index (χ3n) is 14.1. The van der Waals surface area contributed by atoms with Crippen LogP contribution in [0.3, 0.4) is 0 Å². The van der Waals surface area contributed by atoms with Crippen LogP contribution in [-0.2, 0) is 21.3 Å². The van der Waals surface area contributed by atoms with Gasteiger partial charge in [-0.25, -0.2) is 0 Å². The third kappa shape index (κ3) is 4.58. The van der Waals surface area contributed by atoms with E-state index in [-0.39, 0.29) is 0 Å². The SMILES string of the molecule is C[C](c1ccc2ccccc2c1)=[Zr]([C]1=CC(C2(C)C3CC4CC(C3)CC2C4)=CC1C)[CH]1c2cc(C)c(C)cc2-c2cc(C)c(C)cc21. The number of allylic oxidation sites excluding steroid dienone is 4. The van der Waals surface area contributed by atoms with Gasteiger partial charge in [0.2, 0.25) is 0 Å². The monoisotopic (exact) mass is 692 g/mol. The Morgan fingerprint density at radius 1 is 0.681 bits per heavy atom. The van der Waals surface area contributed by atoms with E-state index in [1.165, 1.54) is 81.8 Å². The molecule has 0 radical (unpaired) electrons. The maximum absolute atomic E-state index is 2.85. The summed E-state index contributed by atoms with van der Waals surface area (Å²) in [5, 5.41) is 2.71. The van der Waals surface area contributed by atoms with Crippen LogP contribution in [0.2, 0.25) is 0 Å². The molecule has 0 amide bonds.